The van der Waals surface area contributed by atoms with Gasteiger partial charge in [0.1, 0.15) is 0 Å². The molecule has 0 saturated heterocycles. The number of hydrogen-bond donors (Lipinski definition) is 0. The predicted molar refractivity (Wildman–Crippen MR) is 162 cm³/mol. The zero-order valence-electron chi connectivity index (χ0n) is 27.5. The second kappa shape index (κ2) is 38.6. The zero-order chi connectivity index (χ0) is 29.5. The summed E-state index contributed by atoms with van der Waals surface area (Å²) in [6, 6.07) is 0. The van der Waals surface area contributed by atoms with Crippen LogP contribution in [0.2, 0.25) is 0 Å². The van der Waals surface area contributed by atoms with Crippen molar-refractivity contribution in [1.29, 1.82) is 0 Å². The van der Waals surface area contributed by atoms with Crippen LogP contribution in [-0.2, 0) is 24.7 Å². The smallest absolute Gasteiger partial charge is 0.748 e. The minimum Gasteiger partial charge on any atom is -0.748 e. The molecule has 0 rings (SSSR count). The van der Waals surface area contributed by atoms with Crippen molar-refractivity contribution in [2.45, 2.75) is 181 Å². The zero-order valence-corrected chi connectivity index (χ0v) is 34.2. The van der Waals surface area contributed by atoms with Crippen molar-refractivity contribution < 1.29 is 111 Å². The van der Waals surface area contributed by atoms with E-state index in [1.54, 1.807) is 0 Å². The topological polar surface area (TPSA) is 124 Å². The van der Waals surface area contributed by atoms with Gasteiger partial charge in [-0.2, -0.15) is 0 Å². The van der Waals surface area contributed by atoms with Crippen LogP contribution in [0.15, 0.2) is 0 Å². The second-order valence-corrected chi connectivity index (χ2v) is 13.6. The van der Waals surface area contributed by atoms with Gasteiger partial charge in [-0.1, -0.05) is 168 Å². The Balaban J connectivity index is -0.000000337. The molecule has 0 bridgehead atoms. The third kappa shape index (κ3) is 55.2. The van der Waals surface area contributed by atoms with Gasteiger partial charge in [0.2, 0.25) is 10.4 Å². The maximum atomic E-state index is 10.3. The van der Waals surface area contributed by atoms with Crippen LogP contribution in [0.25, 0.3) is 0 Å². The van der Waals surface area contributed by atoms with E-state index in [9.17, 15) is 25.9 Å². The standard InChI is InChI=1S/C18H38O4S.C12H26O3S.K.Na/c1-2-3-4-5-6-7-8-9-10-11-12-13-14-15-16-17-18-22-23(19,20)21;1-2-3-4-5-6-7-8-9-10-11-12-16(13,14)15;;/h2-18H2,1H3,(H,19,20,21);2-12H2,1H3,(H,13,14,15);;/q;;2*+1/p-2. The van der Waals surface area contributed by atoms with Gasteiger partial charge in [0.25, 0.3) is 0 Å². The Bertz CT molecular complexity index is 693. The van der Waals surface area contributed by atoms with Gasteiger partial charge in [-0.15, -0.1) is 0 Å². The summed E-state index contributed by atoms with van der Waals surface area (Å²) in [5.74, 6) is -0.191. The molecule has 0 N–H and O–H groups in total. The van der Waals surface area contributed by atoms with Crippen molar-refractivity contribution in [1.82, 2.24) is 0 Å². The molecule has 11 heteroatoms. The summed E-state index contributed by atoms with van der Waals surface area (Å²) < 4.78 is 65.7. The predicted octanol–water partition coefficient (Wildman–Crippen LogP) is 3.19. The first kappa shape index (κ1) is 50.3. The molecule has 0 saturated carbocycles. The van der Waals surface area contributed by atoms with Crippen LogP contribution in [0.3, 0.4) is 0 Å². The summed E-state index contributed by atoms with van der Waals surface area (Å²) in [5, 5.41) is 0. The van der Waals surface area contributed by atoms with E-state index in [1.807, 2.05) is 0 Å². The van der Waals surface area contributed by atoms with Gasteiger partial charge in [0, 0.05) is 5.75 Å². The Morgan fingerprint density at radius 3 is 0.927 bits per heavy atom. The molecule has 0 aromatic carbocycles. The summed E-state index contributed by atoms with van der Waals surface area (Å²) in [6.45, 7) is 4.50. The molecule has 41 heavy (non-hydrogen) atoms. The summed E-state index contributed by atoms with van der Waals surface area (Å²) in [7, 11) is -8.48. The van der Waals surface area contributed by atoms with Gasteiger partial charge in [0.05, 0.1) is 16.7 Å². The average molecular weight is 661 g/mol. The fourth-order valence-corrected chi connectivity index (χ4v) is 5.46. The SMILES string of the molecule is CCCCCCCCCCCCCCCCCCOS(=O)(=O)[O-].CCCCCCCCCCCCS(=O)(=O)[O-].[K+].[Na+]. The summed E-state index contributed by atoms with van der Waals surface area (Å²) in [6.07, 6.45) is 31.8. The number of unbranched alkanes of at least 4 members (excludes halogenated alkanes) is 24. The second-order valence-electron chi connectivity index (χ2n) is 11.0. The van der Waals surface area contributed by atoms with E-state index in [1.165, 1.54) is 128 Å². The quantitative estimate of drug-likeness (QED) is 0.0523. The van der Waals surface area contributed by atoms with Crippen LogP contribution in [0, 0.1) is 0 Å². The van der Waals surface area contributed by atoms with Crippen LogP contribution in [-0.4, -0.2) is 38.3 Å². The molecule has 0 aromatic heterocycles. The Kier molecular flexibility index (Phi) is 47.3. The first-order chi connectivity index (χ1) is 18.6. The van der Waals surface area contributed by atoms with Crippen LogP contribution in [0.4, 0.5) is 0 Å². The van der Waals surface area contributed by atoms with E-state index in [2.05, 4.69) is 18.0 Å². The van der Waals surface area contributed by atoms with E-state index in [0.717, 1.165) is 25.7 Å². The Morgan fingerprint density at radius 2 is 0.683 bits per heavy atom. The molecule has 0 spiro atoms. The molecular weight excluding hydrogens is 599 g/mol. The number of rotatable bonds is 29. The van der Waals surface area contributed by atoms with Gasteiger partial charge in [-0.3, -0.25) is 4.18 Å². The van der Waals surface area contributed by atoms with Crippen LogP contribution in [0.5, 0.6) is 0 Å². The fraction of sp³-hybridized carbons (Fsp3) is 1.00. The molecule has 0 aromatic rings. The maximum Gasteiger partial charge on any atom is 1.00 e. The molecule has 0 radical (unpaired) electrons. The Hall–Kier alpha value is 2.42. The molecule has 0 heterocycles. The van der Waals surface area contributed by atoms with E-state index in [0.29, 0.717) is 12.8 Å². The van der Waals surface area contributed by atoms with Gasteiger partial charge in [-0.25, -0.2) is 16.8 Å². The molecule has 0 aliphatic heterocycles. The van der Waals surface area contributed by atoms with Gasteiger partial charge < -0.3 is 9.11 Å². The van der Waals surface area contributed by atoms with Crippen molar-refractivity contribution in [3.63, 3.8) is 0 Å². The maximum absolute atomic E-state index is 10.3. The fourth-order valence-electron chi connectivity index (χ4n) is 4.58. The van der Waals surface area contributed by atoms with Crippen LogP contribution in [0.1, 0.15) is 181 Å². The first-order valence-corrected chi connectivity index (χ1v) is 19.1. The van der Waals surface area contributed by atoms with E-state index < -0.39 is 20.5 Å². The van der Waals surface area contributed by atoms with Crippen molar-refractivity contribution in [3.05, 3.63) is 0 Å². The normalized spacial score (nSPS) is 11.3. The molecular formula is C30H62KNaO7S2. The van der Waals surface area contributed by atoms with Gasteiger partial charge >= 0.3 is 80.9 Å². The minimum atomic E-state index is -4.49. The molecule has 0 unspecified atom stereocenters. The molecule has 0 aliphatic rings. The summed E-state index contributed by atoms with van der Waals surface area (Å²) >= 11 is 0. The molecule has 0 atom stereocenters. The largest absolute Gasteiger partial charge is 1.00 e. The first-order valence-electron chi connectivity index (χ1n) is 16.2. The molecule has 0 fully saturated rings. The molecule has 7 nitrogen and oxygen atoms in total. The molecule has 238 valence electrons. The Morgan fingerprint density at radius 1 is 0.439 bits per heavy atom. The van der Waals surface area contributed by atoms with Gasteiger partial charge in [-0.05, 0) is 12.8 Å². The van der Waals surface area contributed by atoms with E-state index in [4.69, 9.17) is 0 Å². The monoisotopic (exact) mass is 660 g/mol. The van der Waals surface area contributed by atoms with E-state index in [-0.39, 0.29) is 93.3 Å². The van der Waals surface area contributed by atoms with Crippen molar-refractivity contribution in [2.24, 2.45) is 0 Å². The van der Waals surface area contributed by atoms with Crippen molar-refractivity contribution in [3.8, 4) is 0 Å². The van der Waals surface area contributed by atoms with Gasteiger partial charge in [0.15, 0.2) is 0 Å². The average Bonchev–Trinajstić information content (AvgIpc) is 2.86. The molecule has 0 aliphatic carbocycles. The van der Waals surface area contributed by atoms with Crippen molar-refractivity contribution >= 4 is 20.5 Å². The van der Waals surface area contributed by atoms with Crippen LogP contribution < -0.4 is 80.9 Å². The number of hydrogen-bond acceptors (Lipinski definition) is 7. The summed E-state index contributed by atoms with van der Waals surface area (Å²) in [4.78, 5) is 0. The molecule has 0 amide bonds. The minimum absolute atomic E-state index is 0. The third-order valence-corrected chi connectivity index (χ3v) is 8.22. The third-order valence-electron chi connectivity index (χ3n) is 6.97. The summed E-state index contributed by atoms with van der Waals surface area (Å²) in [5.41, 5.74) is 0. The van der Waals surface area contributed by atoms with E-state index >= 15 is 0 Å². The Labute approximate surface area is 320 Å². The van der Waals surface area contributed by atoms with Crippen molar-refractivity contribution in [2.75, 3.05) is 12.4 Å². The van der Waals surface area contributed by atoms with Crippen LogP contribution >= 0.6 is 0 Å².